The molecule has 18 heavy (non-hydrogen) atoms. The van der Waals surface area contributed by atoms with Crippen molar-refractivity contribution in [3.8, 4) is 0 Å². The summed E-state index contributed by atoms with van der Waals surface area (Å²) < 4.78 is 31.9. The lowest BCUT2D eigenvalue weighted by molar-refractivity contribution is 0.287. The molecule has 0 aliphatic carbocycles. The van der Waals surface area contributed by atoms with E-state index in [4.69, 9.17) is 10.2 Å². The summed E-state index contributed by atoms with van der Waals surface area (Å²) in [7, 11) is -3.47. The largest absolute Gasteiger partial charge is 0.452 e. The Hall–Kier alpha value is -0.370. The van der Waals surface area contributed by atoms with E-state index in [1.807, 2.05) is 0 Å². The van der Waals surface area contributed by atoms with Crippen LogP contribution in [-0.4, -0.2) is 25.8 Å². The average Bonchev–Trinajstić information content (AvgIpc) is 2.72. The Balaban J connectivity index is 2.27. The second-order valence-electron chi connectivity index (χ2n) is 4.64. The fourth-order valence-corrected chi connectivity index (χ4v) is 4.47. The van der Waals surface area contributed by atoms with Crippen molar-refractivity contribution >= 4 is 26.0 Å². The Bertz CT molecular complexity index is 518. The molecule has 0 atom stereocenters. The minimum atomic E-state index is -3.47. The Labute approximate surface area is 116 Å². The maximum Gasteiger partial charge on any atom is 0.247 e. The molecular weight excluding hydrogens is 320 g/mol. The normalized spacial score (nSPS) is 19.3. The molecule has 2 rings (SSSR count). The SMILES string of the molecule is CC1CCN(S(=O)(=O)c2cc(CN)oc2Br)CC1. The van der Waals surface area contributed by atoms with Gasteiger partial charge in [0.25, 0.3) is 0 Å². The lowest BCUT2D eigenvalue weighted by Crippen LogP contribution is -2.37. The van der Waals surface area contributed by atoms with E-state index in [2.05, 4.69) is 22.9 Å². The molecule has 0 aromatic carbocycles. The first-order valence-electron chi connectivity index (χ1n) is 5.93. The average molecular weight is 337 g/mol. The molecule has 1 aliphatic heterocycles. The van der Waals surface area contributed by atoms with Crippen LogP contribution in [0.2, 0.25) is 0 Å². The van der Waals surface area contributed by atoms with Crippen molar-refractivity contribution in [2.24, 2.45) is 11.7 Å². The van der Waals surface area contributed by atoms with E-state index in [1.165, 1.54) is 10.4 Å². The monoisotopic (exact) mass is 336 g/mol. The molecule has 2 heterocycles. The van der Waals surface area contributed by atoms with Gasteiger partial charge in [0.15, 0.2) is 4.67 Å². The number of hydrogen-bond acceptors (Lipinski definition) is 4. The molecule has 0 bridgehead atoms. The number of furan rings is 1. The van der Waals surface area contributed by atoms with E-state index in [9.17, 15) is 8.42 Å². The quantitative estimate of drug-likeness (QED) is 0.914. The lowest BCUT2D eigenvalue weighted by Gasteiger charge is -2.28. The molecule has 1 saturated heterocycles. The van der Waals surface area contributed by atoms with Gasteiger partial charge in [0, 0.05) is 19.2 Å². The Morgan fingerprint density at radius 2 is 2.11 bits per heavy atom. The Morgan fingerprint density at radius 1 is 1.50 bits per heavy atom. The van der Waals surface area contributed by atoms with Crippen LogP contribution in [0.3, 0.4) is 0 Å². The molecule has 0 spiro atoms. The second-order valence-corrected chi connectivity index (χ2v) is 7.27. The summed E-state index contributed by atoms with van der Waals surface area (Å²) in [5, 5.41) is 0. The first-order valence-corrected chi connectivity index (χ1v) is 8.17. The maximum atomic E-state index is 12.4. The summed E-state index contributed by atoms with van der Waals surface area (Å²) >= 11 is 3.14. The summed E-state index contributed by atoms with van der Waals surface area (Å²) in [6, 6.07) is 1.50. The number of nitrogens with two attached hydrogens (primary N) is 1. The number of piperidine rings is 1. The molecular formula is C11H17BrN2O3S. The standard InChI is InChI=1S/C11H17BrN2O3S/c1-8-2-4-14(5-3-8)18(15,16)10-6-9(7-13)17-11(10)12/h6,8H,2-5,7,13H2,1H3. The summed E-state index contributed by atoms with van der Waals surface area (Å²) in [4.78, 5) is 0.178. The van der Waals surface area contributed by atoms with Gasteiger partial charge in [-0.05, 0) is 34.7 Å². The van der Waals surface area contributed by atoms with Crippen LogP contribution in [0.1, 0.15) is 25.5 Å². The summed E-state index contributed by atoms with van der Waals surface area (Å²) in [6.07, 6.45) is 1.80. The van der Waals surface area contributed by atoms with Crippen molar-refractivity contribution in [2.45, 2.75) is 31.2 Å². The van der Waals surface area contributed by atoms with Crippen molar-refractivity contribution in [1.29, 1.82) is 0 Å². The smallest absolute Gasteiger partial charge is 0.247 e. The second kappa shape index (κ2) is 5.32. The van der Waals surface area contributed by atoms with Gasteiger partial charge in [0.05, 0.1) is 6.54 Å². The fraction of sp³-hybridized carbons (Fsp3) is 0.636. The minimum Gasteiger partial charge on any atom is -0.452 e. The van der Waals surface area contributed by atoms with Gasteiger partial charge in [0.2, 0.25) is 10.0 Å². The van der Waals surface area contributed by atoms with Crippen molar-refractivity contribution in [1.82, 2.24) is 4.31 Å². The molecule has 0 unspecified atom stereocenters. The topological polar surface area (TPSA) is 76.5 Å². The zero-order chi connectivity index (χ0) is 13.3. The molecule has 1 aromatic heterocycles. The highest BCUT2D eigenvalue weighted by atomic mass is 79.9. The number of rotatable bonds is 3. The molecule has 1 aromatic rings. The van der Waals surface area contributed by atoms with Crippen LogP contribution in [0.5, 0.6) is 0 Å². The highest BCUT2D eigenvalue weighted by Gasteiger charge is 2.31. The van der Waals surface area contributed by atoms with Gasteiger partial charge in [-0.25, -0.2) is 8.42 Å². The Morgan fingerprint density at radius 3 is 2.61 bits per heavy atom. The van der Waals surface area contributed by atoms with E-state index < -0.39 is 10.0 Å². The zero-order valence-electron chi connectivity index (χ0n) is 10.2. The third-order valence-electron chi connectivity index (χ3n) is 3.27. The molecule has 2 N–H and O–H groups in total. The van der Waals surface area contributed by atoms with Crippen LogP contribution in [0.25, 0.3) is 0 Å². The van der Waals surface area contributed by atoms with Crippen molar-refractivity contribution < 1.29 is 12.8 Å². The van der Waals surface area contributed by atoms with E-state index in [1.54, 1.807) is 0 Å². The molecule has 7 heteroatoms. The van der Waals surface area contributed by atoms with Gasteiger partial charge in [-0.1, -0.05) is 6.92 Å². The third kappa shape index (κ3) is 2.64. The van der Waals surface area contributed by atoms with Crippen LogP contribution < -0.4 is 5.73 Å². The van der Waals surface area contributed by atoms with Crippen molar-refractivity contribution in [3.05, 3.63) is 16.5 Å². The van der Waals surface area contributed by atoms with Crippen molar-refractivity contribution in [3.63, 3.8) is 0 Å². The third-order valence-corrected chi connectivity index (χ3v) is 6.02. The van der Waals surface area contributed by atoms with Gasteiger partial charge in [-0.3, -0.25) is 0 Å². The molecule has 0 saturated carbocycles. The van der Waals surface area contributed by atoms with Crippen LogP contribution >= 0.6 is 15.9 Å². The fourth-order valence-electron chi connectivity index (χ4n) is 2.04. The number of nitrogens with zero attached hydrogens (tertiary/aromatic N) is 1. The van der Waals surface area contributed by atoms with Gasteiger partial charge >= 0.3 is 0 Å². The van der Waals surface area contributed by atoms with Gasteiger partial charge in [0.1, 0.15) is 10.7 Å². The van der Waals surface area contributed by atoms with Crippen LogP contribution in [0, 0.1) is 5.92 Å². The highest BCUT2D eigenvalue weighted by Crippen LogP contribution is 2.30. The van der Waals surface area contributed by atoms with Crippen LogP contribution in [0.15, 0.2) is 20.0 Å². The van der Waals surface area contributed by atoms with E-state index >= 15 is 0 Å². The summed E-state index contributed by atoms with van der Waals surface area (Å²) in [6.45, 7) is 3.47. The molecule has 1 aliphatic rings. The molecule has 102 valence electrons. The predicted molar refractivity (Wildman–Crippen MR) is 71.5 cm³/mol. The molecule has 5 nitrogen and oxygen atoms in total. The van der Waals surface area contributed by atoms with E-state index in [-0.39, 0.29) is 16.1 Å². The first-order chi connectivity index (χ1) is 8.45. The number of halogens is 1. The van der Waals surface area contributed by atoms with Crippen LogP contribution in [-0.2, 0) is 16.6 Å². The minimum absolute atomic E-state index is 0.178. The van der Waals surface area contributed by atoms with E-state index in [0.29, 0.717) is 24.8 Å². The van der Waals surface area contributed by atoms with Crippen molar-refractivity contribution in [2.75, 3.05) is 13.1 Å². The Kier molecular flexibility index (Phi) is 4.15. The highest BCUT2D eigenvalue weighted by molar-refractivity contribution is 9.10. The number of sulfonamides is 1. The van der Waals surface area contributed by atoms with Crippen LogP contribution in [0.4, 0.5) is 0 Å². The summed E-state index contributed by atoms with van der Waals surface area (Å²) in [5.74, 6) is 1.05. The molecule has 0 amide bonds. The zero-order valence-corrected chi connectivity index (χ0v) is 12.6. The maximum absolute atomic E-state index is 12.4. The van der Waals surface area contributed by atoms with E-state index in [0.717, 1.165) is 12.8 Å². The van der Waals surface area contributed by atoms with Gasteiger partial charge in [-0.2, -0.15) is 4.31 Å². The van der Waals surface area contributed by atoms with Gasteiger partial charge < -0.3 is 10.2 Å². The molecule has 1 fully saturated rings. The number of hydrogen-bond donors (Lipinski definition) is 1. The first kappa shape index (κ1) is 14.0. The predicted octanol–water partition coefficient (Wildman–Crippen LogP) is 1.92. The lowest BCUT2D eigenvalue weighted by atomic mass is 10.0. The molecule has 0 radical (unpaired) electrons. The van der Waals surface area contributed by atoms with Gasteiger partial charge in [-0.15, -0.1) is 0 Å². The summed E-state index contributed by atoms with van der Waals surface area (Å²) in [5.41, 5.74) is 5.45.